The number of rotatable bonds is 25. The molecule has 6 heterocycles. The molecule has 15 atom stereocenters. The smallest absolute Gasteiger partial charge is 0.246 e. The quantitative estimate of drug-likeness (QED) is 0.0272. The Morgan fingerprint density at radius 2 is 1.07 bits per heavy atom. The molecular formula is C91H126N22O21. The van der Waals surface area contributed by atoms with Gasteiger partial charge in [0, 0.05) is 126 Å². The van der Waals surface area contributed by atoms with Crippen molar-refractivity contribution in [3.05, 3.63) is 114 Å². The number of primary amides is 3. The van der Waals surface area contributed by atoms with Gasteiger partial charge < -0.3 is 125 Å². The van der Waals surface area contributed by atoms with Gasteiger partial charge in [-0.05, 0) is 104 Å². The van der Waals surface area contributed by atoms with Crippen LogP contribution in [-0.2, 0) is 106 Å². The Labute approximate surface area is 774 Å². The SMILES string of the molecule is CCCC[C@H]1C(=O)N(C)[C@@H](CCCC)C(=O)N[C@@H](CC(C)C)C(=O)N[C@H](C(=O)NCC(N)=O)CNCC(=O)N[C@@H](Cc2ccc(O)cc2)C(=O)N(C)[C@@H](C)C(=O)N[C@@H](CC(N)=O)C(=O)N2CCC[C@H]2C(=O)N[C@@H](CC2=CN=CC2)C(=O)N[C@@H](CCC(N)=O)C(=O)N2C[C@H](O)C[C@H]2C(=O)N[C@@H](Cc2c[nH]c3ccccc23)C(=O)N[C@@H](CO)C(=O)N[C@@H](Cc2c[nH]c3ccccc23)C(=O)N1C. The van der Waals surface area contributed by atoms with Gasteiger partial charge in [-0.2, -0.15) is 0 Å². The Hall–Kier alpha value is -13.7. The van der Waals surface area contributed by atoms with Crippen molar-refractivity contribution in [2.24, 2.45) is 28.1 Å². The molecule has 5 aromatic rings. The second-order valence-electron chi connectivity index (χ2n) is 34.9. The van der Waals surface area contributed by atoms with Gasteiger partial charge in [-0.15, -0.1) is 0 Å². The predicted octanol–water partition coefficient (Wildman–Crippen LogP) is -3.29. The Kier molecular flexibility index (Phi) is 38.1. The lowest BCUT2D eigenvalue weighted by Gasteiger charge is -2.36. The van der Waals surface area contributed by atoms with Crippen LogP contribution in [0.5, 0.6) is 5.75 Å². The van der Waals surface area contributed by atoms with E-state index in [4.69, 9.17) is 17.2 Å². The first-order valence-corrected chi connectivity index (χ1v) is 45.1. The van der Waals surface area contributed by atoms with Crippen LogP contribution in [0.1, 0.15) is 148 Å². The number of carbonyl (C=O) groups excluding carboxylic acids is 18. The number of nitrogens with zero attached hydrogens (tertiary/aromatic N) is 6. The van der Waals surface area contributed by atoms with Crippen LogP contribution in [0, 0.1) is 5.92 Å². The Morgan fingerprint density at radius 1 is 0.537 bits per heavy atom. The first-order chi connectivity index (χ1) is 63.8. The zero-order valence-corrected chi connectivity index (χ0v) is 76.6. The van der Waals surface area contributed by atoms with E-state index < -0.39 is 255 Å². The normalized spacial score (nSPS) is 25.3. The van der Waals surface area contributed by atoms with Crippen LogP contribution >= 0.6 is 0 Å². The third-order valence-corrected chi connectivity index (χ3v) is 24.3. The van der Waals surface area contributed by atoms with Gasteiger partial charge in [0.15, 0.2) is 0 Å². The maximum absolute atomic E-state index is 15.7. The number of likely N-dealkylation sites (N-methyl/N-ethyl adjacent to an activating group) is 3. The monoisotopic (exact) mass is 1860 g/mol. The lowest BCUT2D eigenvalue weighted by molar-refractivity contribution is -0.149. The molecule has 43 heteroatoms. The number of aliphatic hydroxyl groups excluding tert-OH is 2. The second-order valence-corrected chi connectivity index (χ2v) is 34.9. The minimum Gasteiger partial charge on any atom is -0.508 e. The lowest BCUT2D eigenvalue weighted by Crippen LogP contribution is -2.62. The van der Waals surface area contributed by atoms with E-state index in [-0.39, 0.29) is 82.4 Å². The maximum Gasteiger partial charge on any atom is 0.246 e. The van der Waals surface area contributed by atoms with Crippen LogP contribution < -0.4 is 75.7 Å². The predicted molar refractivity (Wildman–Crippen MR) is 488 cm³/mol. The minimum absolute atomic E-state index is 0.000222. The van der Waals surface area contributed by atoms with Crippen molar-refractivity contribution in [3.8, 4) is 5.75 Å². The molecule has 3 fully saturated rings. The van der Waals surface area contributed by atoms with Crippen LogP contribution in [0.4, 0.5) is 0 Å². The van der Waals surface area contributed by atoms with E-state index in [1.54, 1.807) is 74.8 Å². The molecule has 0 unspecified atom stereocenters. The highest BCUT2D eigenvalue weighted by Crippen LogP contribution is 2.28. The van der Waals surface area contributed by atoms with E-state index in [1.165, 1.54) is 69.6 Å². The van der Waals surface area contributed by atoms with Crippen molar-refractivity contribution < 1.29 is 102 Å². The molecule has 0 saturated carbocycles. The summed E-state index contributed by atoms with van der Waals surface area (Å²) >= 11 is 0. The summed E-state index contributed by atoms with van der Waals surface area (Å²) in [4.78, 5) is 278. The minimum atomic E-state index is -1.91. The maximum atomic E-state index is 15.7. The standard InChI is InChI=1S/C91H126N22O21/c1-9-11-22-70-84(127)102-62(34-49(3)4)80(123)107-68(79(122)99-45-76(94)119)44-96-46-77(120)100-65(35-51-25-27-55(115)28-26-51)87(130)109(6)50(5)78(121)105-67(40-75(93)118)90(133)112-33-17-24-71(112)85(128)103-63(36-52-31-32-95-41-52)81(124)101-61(29-30-74(92)117)89(132)113-47-56(116)39-73(113)86(129)104-64(37-53-42-97-59-20-15-13-18-57(53)59)82(125)108-69(48-114)83(126)106-66(38-54-43-98-60-21-16-14-19-58(54)60)88(131)111(8)72(23-12-10-2)91(134)110(70)7/h13-16,18-21,25-28,32,41-43,49-50,56,61-73,96-98,114-116H,9-12,17,22-24,29-31,33-40,44-48H2,1-8H3,(H2,92,117)(H2,93,118)(H2,94,119)(H,99,122)(H,100,120)(H,101,124)(H,102,127)(H,103,128)(H,104,129)(H,105,121)(H,106,126)(H,107,123)(H,108,125)/t50-,56+,61-,62-,63-,64-,65-,66-,67-,68-,69-,70-,71-,72-,73-/m0/s1. The molecule has 134 heavy (non-hydrogen) atoms. The molecule has 22 N–H and O–H groups in total. The summed E-state index contributed by atoms with van der Waals surface area (Å²) in [5, 5.41) is 63.0. The number of aromatic amines is 2. The molecular weight excluding hydrogens is 1740 g/mol. The number of aromatic hydroxyl groups is 1. The van der Waals surface area contributed by atoms with E-state index in [2.05, 4.69) is 73.4 Å². The third-order valence-electron chi connectivity index (χ3n) is 24.3. The average Bonchev–Trinajstić information content (AvgIpc) is 1.37. The number of nitrogens with two attached hydrogens (primary N) is 3. The van der Waals surface area contributed by atoms with Crippen LogP contribution in [0.15, 0.2) is 102 Å². The number of aliphatic imine (C=N–C) groups is 1. The summed E-state index contributed by atoms with van der Waals surface area (Å²) in [6.07, 6.45) is 3.07. The number of phenols is 1. The number of aliphatic hydroxyl groups is 2. The first kappa shape index (κ1) is 104. The largest absolute Gasteiger partial charge is 0.508 e. The fraction of sp³-hybridized carbons (Fsp3) is 0.527. The average molecular weight is 1860 g/mol. The van der Waals surface area contributed by atoms with Gasteiger partial charge >= 0.3 is 0 Å². The summed E-state index contributed by atoms with van der Waals surface area (Å²) in [6.45, 7) is 4.63. The molecule has 0 aliphatic carbocycles. The van der Waals surface area contributed by atoms with Crippen LogP contribution in [-0.4, -0.2) is 313 Å². The summed E-state index contributed by atoms with van der Waals surface area (Å²) in [5.74, 6) is -18.0. The van der Waals surface area contributed by atoms with Crippen LogP contribution in [0.25, 0.3) is 21.8 Å². The number of phenolic OH excluding ortho intramolecular Hbond substituents is 1. The van der Waals surface area contributed by atoms with E-state index in [9.17, 15) is 63.3 Å². The molecule has 0 radical (unpaired) electrons. The zero-order valence-electron chi connectivity index (χ0n) is 76.6. The highest BCUT2D eigenvalue weighted by atomic mass is 16.3. The van der Waals surface area contributed by atoms with Crippen LogP contribution in [0.3, 0.4) is 0 Å². The van der Waals surface area contributed by atoms with E-state index >= 15 is 38.4 Å². The van der Waals surface area contributed by atoms with Gasteiger partial charge in [0.1, 0.15) is 90.3 Å². The van der Waals surface area contributed by atoms with Crippen LogP contribution in [0.2, 0.25) is 0 Å². The highest BCUT2D eigenvalue weighted by molar-refractivity contribution is 6.03. The molecule has 4 aliphatic rings. The Morgan fingerprint density at radius 3 is 1.66 bits per heavy atom. The summed E-state index contributed by atoms with van der Waals surface area (Å²) in [6, 6.07) is -2.79. The molecule has 18 amide bonds. The number of hydrogen-bond acceptors (Lipinski definition) is 23. The van der Waals surface area contributed by atoms with Crippen molar-refractivity contribution in [1.29, 1.82) is 0 Å². The van der Waals surface area contributed by atoms with Crippen molar-refractivity contribution in [3.63, 3.8) is 0 Å². The van der Waals surface area contributed by atoms with Gasteiger partial charge in [0.25, 0.3) is 0 Å². The third kappa shape index (κ3) is 28.4. The Bertz CT molecular complexity index is 5170. The molecule has 4 aliphatic heterocycles. The molecule has 2 aromatic heterocycles. The summed E-state index contributed by atoms with van der Waals surface area (Å²) < 4.78 is 0. The van der Waals surface area contributed by atoms with Gasteiger partial charge in [0.05, 0.1) is 32.2 Å². The highest BCUT2D eigenvalue weighted by Gasteiger charge is 2.47. The number of para-hydroxylation sites is 2. The lowest BCUT2D eigenvalue weighted by atomic mass is 9.99. The molecule has 0 bridgehead atoms. The van der Waals surface area contributed by atoms with E-state index in [0.717, 1.165) is 19.6 Å². The van der Waals surface area contributed by atoms with Gasteiger partial charge in [-0.1, -0.05) is 102 Å². The zero-order chi connectivity index (χ0) is 97.9. The summed E-state index contributed by atoms with van der Waals surface area (Å²) in [5.41, 5.74) is 19.9. The number of amides is 18. The van der Waals surface area contributed by atoms with E-state index in [0.29, 0.717) is 69.8 Å². The molecule has 3 saturated heterocycles. The molecule has 43 nitrogen and oxygen atoms in total. The number of hydrogen-bond donors (Lipinski definition) is 19. The first-order valence-electron chi connectivity index (χ1n) is 45.1. The van der Waals surface area contributed by atoms with Gasteiger partial charge in [-0.3, -0.25) is 91.3 Å². The number of fused-ring (bicyclic) bond motifs is 4. The topological polar surface area (TPSA) is 638 Å². The van der Waals surface area contributed by atoms with E-state index in [1.807, 2.05) is 13.8 Å². The molecule has 0 spiro atoms. The number of unbranched alkanes of at least 4 members (excludes halogenated alkanes) is 2. The fourth-order valence-electron chi connectivity index (χ4n) is 16.8. The van der Waals surface area contributed by atoms with Gasteiger partial charge in [0.2, 0.25) is 106 Å². The van der Waals surface area contributed by atoms with Gasteiger partial charge in [-0.25, -0.2) is 0 Å². The van der Waals surface area contributed by atoms with Crippen molar-refractivity contribution >= 4 is 134 Å². The number of aromatic nitrogens is 2. The number of nitrogens with one attached hydrogen (secondary N) is 13. The number of carbonyl (C=O) groups is 18. The molecule has 3 aromatic carbocycles. The molecule has 726 valence electrons. The fourth-order valence-corrected chi connectivity index (χ4v) is 16.8. The molecule has 9 rings (SSSR count). The number of benzene rings is 3. The van der Waals surface area contributed by atoms with Crippen molar-refractivity contribution in [2.75, 3.05) is 60.5 Å². The van der Waals surface area contributed by atoms with Crippen molar-refractivity contribution in [2.45, 2.75) is 241 Å². The Balaban J connectivity index is 1.10. The second kappa shape index (κ2) is 49.1. The number of H-pyrrole nitrogens is 2. The summed E-state index contributed by atoms with van der Waals surface area (Å²) in [7, 11) is 3.91. The van der Waals surface area contributed by atoms with Crippen molar-refractivity contribution in [1.82, 2.24) is 93.0 Å².